The molecule has 18 heavy (non-hydrogen) atoms. The molecule has 100 valence electrons. The van der Waals surface area contributed by atoms with Crippen LogP contribution in [-0.4, -0.2) is 23.5 Å². The number of thiazole rings is 1. The summed E-state index contributed by atoms with van der Waals surface area (Å²) in [5.74, 6) is 0.123. The molecule has 0 atom stereocenters. The van der Waals surface area contributed by atoms with Gasteiger partial charge in [0.1, 0.15) is 10.7 Å². The molecule has 5 nitrogen and oxygen atoms in total. The molecule has 0 aliphatic rings. The van der Waals surface area contributed by atoms with E-state index in [-0.39, 0.29) is 17.8 Å². The van der Waals surface area contributed by atoms with Gasteiger partial charge in [0.25, 0.3) is 5.91 Å². The third kappa shape index (κ3) is 4.37. The summed E-state index contributed by atoms with van der Waals surface area (Å²) in [6.07, 6.45) is 4.78. The van der Waals surface area contributed by atoms with Crippen LogP contribution in [0.5, 0.6) is 0 Å². The van der Waals surface area contributed by atoms with Crippen LogP contribution in [0, 0.1) is 0 Å². The number of rotatable bonds is 6. The molecular weight excluding hydrogens is 248 g/mol. The summed E-state index contributed by atoms with van der Waals surface area (Å²) < 4.78 is 0. The van der Waals surface area contributed by atoms with Gasteiger partial charge in [-0.15, -0.1) is 0 Å². The number of hydrogen-bond acceptors (Lipinski definition) is 5. The molecular formula is C12H20N4OS. The number of nitrogen functional groups attached to an aromatic ring is 1. The standard InChI is InChI=1S/C12H20N4OS/c1-4-5-6-7-14-11(17)9-10(13)16-12(18-9)15-8(2)3/h4-5,8H,6-7,13H2,1-3H3,(H,14,17)(H,15,16)/b5-4+. The highest BCUT2D eigenvalue weighted by Gasteiger charge is 2.15. The average Bonchev–Trinajstić information content (AvgIpc) is 2.64. The van der Waals surface area contributed by atoms with Crippen LogP contribution in [0.3, 0.4) is 0 Å². The number of carbonyl (C=O) groups is 1. The summed E-state index contributed by atoms with van der Waals surface area (Å²) in [4.78, 5) is 16.5. The Morgan fingerprint density at radius 3 is 2.89 bits per heavy atom. The van der Waals surface area contributed by atoms with E-state index in [9.17, 15) is 4.79 Å². The fraction of sp³-hybridized carbons (Fsp3) is 0.500. The molecule has 4 N–H and O–H groups in total. The van der Waals surface area contributed by atoms with Crippen molar-refractivity contribution in [2.24, 2.45) is 0 Å². The Labute approximate surface area is 111 Å². The Balaban J connectivity index is 2.59. The van der Waals surface area contributed by atoms with Crippen molar-refractivity contribution in [3.8, 4) is 0 Å². The predicted octanol–water partition coefficient (Wildman–Crippen LogP) is 2.24. The lowest BCUT2D eigenvalue weighted by Crippen LogP contribution is -2.24. The van der Waals surface area contributed by atoms with Gasteiger partial charge >= 0.3 is 0 Å². The molecule has 1 amide bonds. The molecule has 1 aromatic heterocycles. The van der Waals surface area contributed by atoms with Crippen LogP contribution < -0.4 is 16.4 Å². The molecule has 0 saturated carbocycles. The molecule has 0 fully saturated rings. The number of nitrogens with one attached hydrogen (secondary N) is 2. The van der Waals surface area contributed by atoms with Crippen LogP contribution in [0.1, 0.15) is 36.9 Å². The van der Waals surface area contributed by atoms with Crippen molar-refractivity contribution >= 4 is 28.2 Å². The highest BCUT2D eigenvalue weighted by molar-refractivity contribution is 7.18. The normalized spacial score (nSPS) is 11.1. The summed E-state index contributed by atoms with van der Waals surface area (Å²) in [5, 5.41) is 6.63. The summed E-state index contributed by atoms with van der Waals surface area (Å²) in [5.41, 5.74) is 5.73. The Morgan fingerprint density at radius 2 is 2.28 bits per heavy atom. The molecule has 0 bridgehead atoms. The second-order valence-electron chi connectivity index (χ2n) is 4.15. The van der Waals surface area contributed by atoms with Gasteiger partial charge < -0.3 is 16.4 Å². The summed E-state index contributed by atoms with van der Waals surface area (Å²) in [6.45, 7) is 6.57. The highest BCUT2D eigenvalue weighted by atomic mass is 32.1. The monoisotopic (exact) mass is 268 g/mol. The van der Waals surface area contributed by atoms with Gasteiger partial charge in [0, 0.05) is 12.6 Å². The number of aromatic nitrogens is 1. The lowest BCUT2D eigenvalue weighted by Gasteiger charge is -2.04. The van der Waals surface area contributed by atoms with E-state index in [0.29, 0.717) is 16.6 Å². The fourth-order valence-electron chi connectivity index (χ4n) is 1.32. The Morgan fingerprint density at radius 1 is 1.56 bits per heavy atom. The van der Waals surface area contributed by atoms with Gasteiger partial charge in [0.05, 0.1) is 0 Å². The summed E-state index contributed by atoms with van der Waals surface area (Å²) in [6, 6.07) is 0.265. The predicted molar refractivity (Wildman–Crippen MR) is 77.0 cm³/mol. The summed E-state index contributed by atoms with van der Waals surface area (Å²) >= 11 is 1.28. The van der Waals surface area contributed by atoms with Crippen molar-refractivity contribution in [1.29, 1.82) is 0 Å². The van der Waals surface area contributed by atoms with E-state index in [1.165, 1.54) is 11.3 Å². The number of carbonyl (C=O) groups excluding carboxylic acids is 1. The van der Waals surface area contributed by atoms with Crippen molar-refractivity contribution < 1.29 is 4.79 Å². The van der Waals surface area contributed by atoms with Crippen molar-refractivity contribution in [1.82, 2.24) is 10.3 Å². The van der Waals surface area contributed by atoms with Crippen molar-refractivity contribution in [2.75, 3.05) is 17.6 Å². The number of nitrogens with two attached hydrogens (primary N) is 1. The first kappa shape index (κ1) is 14.5. The highest BCUT2D eigenvalue weighted by Crippen LogP contribution is 2.25. The molecule has 0 aliphatic heterocycles. The molecule has 6 heteroatoms. The largest absolute Gasteiger partial charge is 0.382 e. The van der Waals surface area contributed by atoms with E-state index in [0.717, 1.165) is 6.42 Å². The molecule has 1 heterocycles. The molecule has 0 aromatic carbocycles. The van der Waals surface area contributed by atoms with Gasteiger partial charge in [-0.2, -0.15) is 0 Å². The Bertz CT molecular complexity index is 426. The molecule has 0 spiro atoms. The van der Waals surface area contributed by atoms with Gasteiger partial charge in [0.15, 0.2) is 5.13 Å². The maximum atomic E-state index is 11.9. The molecule has 1 rings (SSSR count). The SMILES string of the molecule is C/C=C/CCNC(=O)c1sc(NC(C)C)nc1N. The zero-order chi connectivity index (χ0) is 13.5. The number of anilines is 2. The third-order valence-corrected chi connectivity index (χ3v) is 3.11. The third-order valence-electron chi connectivity index (χ3n) is 2.10. The first-order valence-corrected chi connectivity index (χ1v) is 6.78. The van der Waals surface area contributed by atoms with E-state index in [1.54, 1.807) is 0 Å². The zero-order valence-corrected chi connectivity index (χ0v) is 11.8. The van der Waals surface area contributed by atoms with Crippen molar-refractivity contribution in [3.63, 3.8) is 0 Å². The minimum absolute atomic E-state index is 0.161. The Kier molecular flexibility index (Phi) is 5.64. The van der Waals surface area contributed by atoms with Gasteiger partial charge in [-0.1, -0.05) is 23.5 Å². The van der Waals surface area contributed by atoms with Gasteiger partial charge in [-0.05, 0) is 27.2 Å². The van der Waals surface area contributed by atoms with E-state index >= 15 is 0 Å². The number of hydrogen-bond donors (Lipinski definition) is 3. The van der Waals surface area contributed by atoms with Crippen molar-refractivity contribution in [2.45, 2.75) is 33.2 Å². The lowest BCUT2D eigenvalue weighted by molar-refractivity contribution is 0.0959. The topological polar surface area (TPSA) is 80.0 Å². The molecule has 0 unspecified atom stereocenters. The average molecular weight is 268 g/mol. The number of nitrogens with zero attached hydrogens (tertiary/aromatic N) is 1. The molecule has 0 aliphatic carbocycles. The zero-order valence-electron chi connectivity index (χ0n) is 11.0. The first-order valence-electron chi connectivity index (χ1n) is 5.96. The second kappa shape index (κ2) is 7.00. The minimum atomic E-state index is -0.161. The van der Waals surface area contributed by atoms with E-state index in [1.807, 2.05) is 32.9 Å². The van der Waals surface area contributed by atoms with E-state index < -0.39 is 0 Å². The van der Waals surface area contributed by atoms with Crippen molar-refractivity contribution in [3.05, 3.63) is 17.0 Å². The van der Waals surface area contributed by atoms with E-state index in [2.05, 4.69) is 15.6 Å². The van der Waals surface area contributed by atoms with Crippen LogP contribution >= 0.6 is 11.3 Å². The van der Waals surface area contributed by atoms with Gasteiger partial charge in [-0.25, -0.2) is 4.98 Å². The Hall–Kier alpha value is -1.56. The second-order valence-corrected chi connectivity index (χ2v) is 5.15. The molecule has 0 saturated heterocycles. The van der Waals surface area contributed by atoms with Crippen LogP contribution in [0.25, 0.3) is 0 Å². The van der Waals surface area contributed by atoms with Crippen LogP contribution in [0.2, 0.25) is 0 Å². The van der Waals surface area contributed by atoms with Crippen LogP contribution in [0.15, 0.2) is 12.2 Å². The minimum Gasteiger partial charge on any atom is -0.382 e. The maximum absolute atomic E-state index is 11.9. The van der Waals surface area contributed by atoms with Crippen LogP contribution in [0.4, 0.5) is 10.9 Å². The fourth-order valence-corrected chi connectivity index (χ4v) is 2.27. The molecule has 0 radical (unpaired) electrons. The van der Waals surface area contributed by atoms with Gasteiger partial charge in [-0.3, -0.25) is 4.79 Å². The summed E-state index contributed by atoms with van der Waals surface area (Å²) in [7, 11) is 0. The number of amides is 1. The number of allylic oxidation sites excluding steroid dienone is 1. The van der Waals surface area contributed by atoms with E-state index in [4.69, 9.17) is 5.73 Å². The van der Waals surface area contributed by atoms with Crippen LogP contribution in [-0.2, 0) is 0 Å². The maximum Gasteiger partial charge on any atom is 0.265 e. The first-order chi connectivity index (χ1) is 8.54. The molecule has 1 aromatic rings. The quantitative estimate of drug-likeness (QED) is 0.546. The lowest BCUT2D eigenvalue weighted by atomic mass is 10.3. The van der Waals surface area contributed by atoms with Gasteiger partial charge in [0.2, 0.25) is 0 Å². The smallest absolute Gasteiger partial charge is 0.265 e.